The number of carbonyl (C=O) groups excluding carboxylic acids is 2. The van der Waals surface area contributed by atoms with E-state index in [9.17, 15) is 18.0 Å². The number of amides is 2. The van der Waals surface area contributed by atoms with Crippen LogP contribution in [0.3, 0.4) is 0 Å². The monoisotopic (exact) mass is 493 g/mol. The number of hydrogen-bond acceptors (Lipinski definition) is 4. The van der Waals surface area contributed by atoms with E-state index in [1.165, 1.54) is 4.90 Å². The van der Waals surface area contributed by atoms with Crippen molar-refractivity contribution < 1.29 is 18.0 Å². The molecule has 2 aromatic carbocycles. The summed E-state index contributed by atoms with van der Waals surface area (Å²) in [4.78, 5) is 27.9. The Kier molecular flexibility index (Phi) is 9.73. The van der Waals surface area contributed by atoms with E-state index >= 15 is 0 Å². The fourth-order valence-corrected chi connectivity index (χ4v) is 4.60. The molecule has 1 atom stereocenters. The van der Waals surface area contributed by atoms with Crippen LogP contribution in [0, 0.1) is 6.92 Å². The zero-order valence-corrected chi connectivity index (χ0v) is 21.1. The highest BCUT2D eigenvalue weighted by atomic mass is 35.5. The Bertz CT molecular complexity index is 1060. The summed E-state index contributed by atoms with van der Waals surface area (Å²) in [5.74, 6) is -0.726. The Morgan fingerprint density at radius 1 is 1.06 bits per heavy atom. The largest absolute Gasteiger partial charge is 0.354 e. The molecule has 2 amide bonds. The molecule has 180 valence electrons. The molecule has 0 saturated carbocycles. The summed E-state index contributed by atoms with van der Waals surface area (Å²) in [6.45, 7) is 5.73. The van der Waals surface area contributed by atoms with Gasteiger partial charge in [-0.25, -0.2) is 8.42 Å². The van der Waals surface area contributed by atoms with Crippen molar-refractivity contribution in [3.8, 4) is 0 Å². The van der Waals surface area contributed by atoms with Crippen LogP contribution in [-0.2, 0) is 26.2 Å². The Morgan fingerprint density at radius 3 is 2.30 bits per heavy atom. The van der Waals surface area contributed by atoms with Gasteiger partial charge >= 0.3 is 0 Å². The molecular formula is C24H32ClN3O4S. The maximum absolute atomic E-state index is 13.6. The van der Waals surface area contributed by atoms with Gasteiger partial charge in [0.05, 0.1) is 11.9 Å². The number of hydrogen-bond donors (Lipinski definition) is 1. The lowest BCUT2D eigenvalue weighted by molar-refractivity contribution is -0.140. The molecule has 2 rings (SSSR count). The first-order valence-electron chi connectivity index (χ1n) is 10.9. The fraction of sp³-hybridized carbons (Fsp3) is 0.417. The van der Waals surface area contributed by atoms with Gasteiger partial charge in [0.25, 0.3) is 0 Å². The van der Waals surface area contributed by atoms with Gasteiger partial charge in [0, 0.05) is 18.1 Å². The second-order valence-electron chi connectivity index (χ2n) is 7.88. The predicted molar refractivity (Wildman–Crippen MR) is 133 cm³/mol. The van der Waals surface area contributed by atoms with Crippen molar-refractivity contribution in [1.29, 1.82) is 0 Å². The van der Waals surface area contributed by atoms with Gasteiger partial charge in [0.15, 0.2) is 0 Å². The summed E-state index contributed by atoms with van der Waals surface area (Å²) in [5, 5.41) is 3.26. The third-order valence-electron chi connectivity index (χ3n) is 5.32. The molecule has 0 saturated heterocycles. The minimum Gasteiger partial charge on any atom is -0.354 e. The molecule has 9 heteroatoms. The lowest BCUT2D eigenvalue weighted by Gasteiger charge is -2.33. The van der Waals surface area contributed by atoms with E-state index in [1.54, 1.807) is 25.1 Å². The van der Waals surface area contributed by atoms with Crippen LogP contribution < -0.4 is 9.62 Å². The number of anilines is 1. The van der Waals surface area contributed by atoms with Crippen molar-refractivity contribution in [1.82, 2.24) is 10.2 Å². The van der Waals surface area contributed by atoms with E-state index in [0.717, 1.165) is 22.5 Å². The van der Waals surface area contributed by atoms with Crippen molar-refractivity contribution in [3.63, 3.8) is 0 Å². The first-order chi connectivity index (χ1) is 15.6. The highest BCUT2D eigenvalue weighted by Gasteiger charge is 2.32. The van der Waals surface area contributed by atoms with Gasteiger partial charge in [0.2, 0.25) is 21.8 Å². The van der Waals surface area contributed by atoms with Crippen LogP contribution in [0.25, 0.3) is 0 Å². The lowest BCUT2D eigenvalue weighted by Crippen LogP contribution is -2.52. The topological polar surface area (TPSA) is 86.8 Å². The molecule has 0 unspecified atom stereocenters. The van der Waals surface area contributed by atoms with E-state index < -0.39 is 28.5 Å². The van der Waals surface area contributed by atoms with Crippen LogP contribution in [0.1, 0.15) is 37.8 Å². The molecule has 0 bridgehead atoms. The van der Waals surface area contributed by atoms with Crippen molar-refractivity contribution in [2.75, 3.05) is 23.7 Å². The van der Waals surface area contributed by atoms with Crippen molar-refractivity contribution in [3.05, 3.63) is 64.7 Å². The summed E-state index contributed by atoms with van der Waals surface area (Å²) in [6, 6.07) is 13.5. The first kappa shape index (κ1) is 26.7. The molecular weight excluding hydrogens is 462 g/mol. The molecule has 2 aromatic rings. The smallest absolute Gasteiger partial charge is 0.244 e. The average Bonchev–Trinajstić information content (AvgIpc) is 2.77. The molecule has 0 aromatic heterocycles. The lowest BCUT2D eigenvalue weighted by atomic mass is 10.1. The molecule has 0 fully saturated rings. The number of carbonyl (C=O) groups is 2. The third kappa shape index (κ3) is 7.20. The van der Waals surface area contributed by atoms with Crippen LogP contribution in [0.4, 0.5) is 5.69 Å². The van der Waals surface area contributed by atoms with Crippen molar-refractivity contribution in [2.24, 2.45) is 0 Å². The molecule has 7 nitrogen and oxygen atoms in total. The molecule has 0 spiro atoms. The van der Waals surface area contributed by atoms with Gasteiger partial charge in [-0.2, -0.15) is 0 Å². The molecule has 0 radical (unpaired) electrons. The van der Waals surface area contributed by atoms with E-state index in [0.29, 0.717) is 29.2 Å². The number of halogens is 1. The maximum Gasteiger partial charge on any atom is 0.244 e. The van der Waals surface area contributed by atoms with E-state index in [-0.39, 0.29) is 12.5 Å². The van der Waals surface area contributed by atoms with Crippen molar-refractivity contribution >= 4 is 39.1 Å². The minimum absolute atomic E-state index is 0.184. The van der Waals surface area contributed by atoms with Crippen LogP contribution in [-0.4, -0.2) is 50.5 Å². The van der Waals surface area contributed by atoms with E-state index in [2.05, 4.69) is 5.32 Å². The summed E-state index contributed by atoms with van der Waals surface area (Å²) < 4.78 is 26.4. The maximum atomic E-state index is 13.6. The number of rotatable bonds is 11. The summed E-state index contributed by atoms with van der Waals surface area (Å²) in [7, 11) is -3.80. The van der Waals surface area contributed by atoms with Crippen LogP contribution in [0.2, 0.25) is 5.02 Å². The number of sulfonamides is 1. The Hall–Kier alpha value is -2.58. The van der Waals surface area contributed by atoms with Crippen LogP contribution in [0.5, 0.6) is 0 Å². The highest BCUT2D eigenvalue weighted by Crippen LogP contribution is 2.28. The first-order valence-corrected chi connectivity index (χ1v) is 13.2. The molecule has 0 aliphatic rings. The van der Waals surface area contributed by atoms with Crippen LogP contribution in [0.15, 0.2) is 48.5 Å². The average molecular weight is 494 g/mol. The second-order valence-corrected chi connectivity index (χ2v) is 10.2. The second kappa shape index (κ2) is 12.0. The van der Waals surface area contributed by atoms with Gasteiger partial charge < -0.3 is 10.2 Å². The van der Waals surface area contributed by atoms with E-state index in [4.69, 9.17) is 11.6 Å². The summed E-state index contributed by atoms with van der Waals surface area (Å²) >= 11 is 6.21. The molecule has 1 N–H and O–H groups in total. The fourth-order valence-electron chi connectivity index (χ4n) is 3.53. The third-order valence-corrected chi connectivity index (χ3v) is 6.85. The van der Waals surface area contributed by atoms with Gasteiger partial charge in [-0.05, 0) is 43.0 Å². The summed E-state index contributed by atoms with van der Waals surface area (Å²) in [6.07, 6.45) is 2.21. The number of nitrogens with zero attached hydrogens (tertiary/aromatic N) is 2. The standard InChI is InChI=1S/C24H32ClN3O4S/c1-5-15-26-24(30)21(6-2)27(16-19-11-8-7-9-12-19)23(29)17-28(33(4,31)32)22-14-10-13-20(25)18(22)3/h7-14,21H,5-6,15-17H2,1-4H3,(H,26,30)/t21-/m1/s1. The summed E-state index contributed by atoms with van der Waals surface area (Å²) in [5.41, 5.74) is 1.73. The van der Waals surface area contributed by atoms with Gasteiger partial charge in [-0.3, -0.25) is 13.9 Å². The van der Waals surface area contributed by atoms with E-state index in [1.807, 2.05) is 44.2 Å². The van der Waals surface area contributed by atoms with Gasteiger partial charge in [-0.1, -0.05) is 61.8 Å². The molecule has 33 heavy (non-hydrogen) atoms. The normalized spacial score (nSPS) is 12.2. The highest BCUT2D eigenvalue weighted by molar-refractivity contribution is 7.92. The molecule has 0 aliphatic carbocycles. The minimum atomic E-state index is -3.80. The Balaban J connectivity index is 2.44. The Morgan fingerprint density at radius 2 is 1.73 bits per heavy atom. The Labute approximate surface area is 201 Å². The molecule has 0 heterocycles. The number of benzene rings is 2. The quantitative estimate of drug-likeness (QED) is 0.516. The zero-order chi connectivity index (χ0) is 24.6. The van der Waals surface area contributed by atoms with Crippen molar-refractivity contribution in [2.45, 2.75) is 46.2 Å². The van der Waals surface area contributed by atoms with Crippen LogP contribution >= 0.6 is 11.6 Å². The number of nitrogens with one attached hydrogen (secondary N) is 1. The zero-order valence-electron chi connectivity index (χ0n) is 19.5. The predicted octanol–water partition coefficient (Wildman–Crippen LogP) is 3.75. The molecule has 0 aliphatic heterocycles. The SMILES string of the molecule is CCCNC(=O)[C@@H](CC)N(Cc1ccccc1)C(=O)CN(c1cccc(Cl)c1C)S(C)(=O)=O. The van der Waals surface area contributed by atoms with Gasteiger partial charge in [0.1, 0.15) is 12.6 Å². The van der Waals surface area contributed by atoms with Gasteiger partial charge in [-0.15, -0.1) is 0 Å².